The van der Waals surface area contributed by atoms with Crippen LogP contribution in [0.4, 0.5) is 5.69 Å². The van der Waals surface area contributed by atoms with Crippen molar-refractivity contribution in [2.24, 2.45) is 0 Å². The summed E-state index contributed by atoms with van der Waals surface area (Å²) in [5.74, 6) is -0.729. The van der Waals surface area contributed by atoms with E-state index in [0.29, 0.717) is 6.29 Å². The van der Waals surface area contributed by atoms with Gasteiger partial charge in [0.05, 0.1) is 10.8 Å². The van der Waals surface area contributed by atoms with E-state index in [0.717, 1.165) is 6.07 Å². The molecule has 0 heterocycles. The number of Topliss-reactive ketones (excluding diaryl/α,β-unsaturated/α-hetero) is 1. The van der Waals surface area contributed by atoms with Gasteiger partial charge in [0.15, 0.2) is 5.78 Å². The molecule has 0 atom stereocenters. The Morgan fingerprint density at radius 2 is 2.19 bits per heavy atom. The average molecular weight is 353 g/mol. The van der Waals surface area contributed by atoms with Crippen LogP contribution in [0.1, 0.15) is 20.7 Å². The van der Waals surface area contributed by atoms with Crippen LogP contribution in [0.25, 0.3) is 0 Å². The van der Waals surface area contributed by atoms with Crippen molar-refractivity contribution in [3.05, 3.63) is 36.9 Å². The first kappa shape index (κ1) is 13.0. The maximum atomic E-state index is 11.4. The summed E-state index contributed by atoms with van der Waals surface area (Å²) in [4.78, 5) is 32.0. The molecule has 0 aliphatic rings. The predicted octanol–water partition coefficient (Wildman–Crippen LogP) is 2.43. The van der Waals surface area contributed by atoms with Gasteiger partial charge < -0.3 is 0 Å². The van der Waals surface area contributed by atoms with E-state index < -0.39 is 10.7 Å². The molecule has 0 radical (unpaired) electrons. The number of rotatable bonds is 4. The summed E-state index contributed by atoms with van der Waals surface area (Å²) in [7, 11) is 0. The van der Waals surface area contributed by atoms with E-state index in [1.165, 1.54) is 6.07 Å². The second-order valence-electron chi connectivity index (χ2n) is 2.83. The second-order valence-corrected chi connectivity index (χ2v) is 4.18. The van der Waals surface area contributed by atoms with Gasteiger partial charge in [0.25, 0.3) is 5.69 Å². The molecule has 0 amide bonds. The summed E-state index contributed by atoms with van der Waals surface area (Å²) >= 11 is 7.07. The van der Waals surface area contributed by atoms with Crippen LogP contribution >= 0.6 is 34.2 Å². The van der Waals surface area contributed by atoms with Crippen LogP contribution in [-0.2, 0) is 0 Å². The van der Waals surface area contributed by atoms with Crippen molar-refractivity contribution in [2.45, 2.75) is 0 Å². The zero-order valence-electron chi connectivity index (χ0n) is 7.78. The Bertz CT molecular complexity index is 475. The molecule has 0 aromatic heterocycles. The minimum Gasteiger partial charge on any atom is -0.298 e. The van der Waals surface area contributed by atoms with Crippen molar-refractivity contribution < 1.29 is 14.5 Å². The Hall–Kier alpha value is -1.02. The molecular weight excluding hydrogens is 348 g/mol. The summed E-state index contributed by atoms with van der Waals surface area (Å²) in [6.45, 7) is 0. The highest BCUT2D eigenvalue weighted by molar-refractivity contribution is 14.1. The summed E-state index contributed by atoms with van der Waals surface area (Å²) in [6.07, 6.45) is 0.452. The Morgan fingerprint density at radius 1 is 1.56 bits per heavy atom. The molecule has 0 saturated carbocycles. The fraction of sp³-hybridized carbons (Fsp3) is 0.111. The SMILES string of the molecule is O=Cc1cc(C(=O)CCl)c(I)c([N+](=O)[O-])c1. The molecule has 0 aliphatic heterocycles. The number of halogens is 2. The molecular formula is C9H5ClINO4. The highest BCUT2D eigenvalue weighted by atomic mass is 127. The first-order valence-electron chi connectivity index (χ1n) is 4.03. The van der Waals surface area contributed by atoms with Crippen LogP contribution in [0, 0.1) is 13.7 Å². The van der Waals surface area contributed by atoms with Gasteiger partial charge in [0.2, 0.25) is 0 Å². The summed E-state index contributed by atoms with van der Waals surface area (Å²) in [5, 5.41) is 10.7. The largest absolute Gasteiger partial charge is 0.298 e. The van der Waals surface area contributed by atoms with E-state index >= 15 is 0 Å². The lowest BCUT2D eigenvalue weighted by molar-refractivity contribution is -0.385. The van der Waals surface area contributed by atoms with Crippen LogP contribution < -0.4 is 0 Å². The summed E-state index contributed by atoms with van der Waals surface area (Å²) in [6, 6.07) is 2.42. The lowest BCUT2D eigenvalue weighted by Gasteiger charge is -2.03. The first-order chi connectivity index (χ1) is 7.51. The number of benzene rings is 1. The fourth-order valence-electron chi connectivity index (χ4n) is 1.11. The van der Waals surface area contributed by atoms with E-state index in [-0.39, 0.29) is 26.3 Å². The van der Waals surface area contributed by atoms with Gasteiger partial charge in [0, 0.05) is 17.2 Å². The zero-order chi connectivity index (χ0) is 12.3. The number of alkyl halides is 1. The lowest BCUT2D eigenvalue weighted by atomic mass is 10.1. The van der Waals surface area contributed by atoms with Crippen LogP contribution in [0.2, 0.25) is 0 Å². The Balaban J connectivity index is 3.48. The van der Waals surface area contributed by atoms with Gasteiger partial charge >= 0.3 is 0 Å². The Kier molecular flexibility index (Phi) is 4.36. The molecule has 0 spiro atoms. The van der Waals surface area contributed by atoms with Gasteiger partial charge in [-0.05, 0) is 28.7 Å². The van der Waals surface area contributed by atoms with Crippen molar-refractivity contribution in [3.8, 4) is 0 Å². The van der Waals surface area contributed by atoms with Crippen LogP contribution in [0.3, 0.4) is 0 Å². The monoisotopic (exact) mass is 353 g/mol. The molecule has 0 bridgehead atoms. The Morgan fingerprint density at radius 3 is 2.62 bits per heavy atom. The van der Waals surface area contributed by atoms with Gasteiger partial charge in [-0.25, -0.2) is 0 Å². The number of carbonyl (C=O) groups is 2. The van der Waals surface area contributed by atoms with Crippen molar-refractivity contribution in [1.29, 1.82) is 0 Å². The van der Waals surface area contributed by atoms with E-state index in [1.54, 1.807) is 22.6 Å². The molecule has 1 aromatic rings. The number of nitro groups is 1. The molecule has 5 nitrogen and oxygen atoms in total. The molecule has 84 valence electrons. The number of hydrogen-bond acceptors (Lipinski definition) is 4. The van der Waals surface area contributed by atoms with Crippen LogP contribution in [0.15, 0.2) is 12.1 Å². The molecule has 0 saturated heterocycles. The third kappa shape index (κ3) is 2.56. The van der Waals surface area contributed by atoms with E-state index in [9.17, 15) is 19.7 Å². The minimum atomic E-state index is -0.639. The second kappa shape index (κ2) is 5.35. The zero-order valence-corrected chi connectivity index (χ0v) is 10.7. The number of ketones is 1. The predicted molar refractivity (Wildman–Crippen MR) is 66.3 cm³/mol. The van der Waals surface area contributed by atoms with E-state index in [1.807, 2.05) is 0 Å². The van der Waals surface area contributed by atoms with Crippen LogP contribution in [-0.4, -0.2) is 22.9 Å². The smallest absolute Gasteiger partial charge is 0.284 e. The normalized spacial score (nSPS) is 9.88. The number of nitrogens with zero attached hydrogens (tertiary/aromatic N) is 1. The number of hydrogen-bond donors (Lipinski definition) is 0. The van der Waals surface area contributed by atoms with Crippen molar-refractivity contribution in [3.63, 3.8) is 0 Å². The number of carbonyl (C=O) groups excluding carboxylic acids is 2. The third-order valence-electron chi connectivity index (χ3n) is 1.83. The fourth-order valence-corrected chi connectivity index (χ4v) is 2.06. The third-order valence-corrected chi connectivity index (χ3v) is 3.21. The standard InChI is InChI=1S/C9H5ClINO4/c10-3-8(14)6-1-5(4-13)2-7(9(6)11)12(15)16/h1-2,4H,3H2. The van der Waals surface area contributed by atoms with Crippen molar-refractivity contribution in [2.75, 3.05) is 5.88 Å². The van der Waals surface area contributed by atoms with E-state index in [4.69, 9.17) is 11.6 Å². The molecule has 0 unspecified atom stereocenters. The van der Waals surface area contributed by atoms with Gasteiger partial charge in [-0.2, -0.15) is 0 Å². The molecule has 0 fully saturated rings. The first-order valence-corrected chi connectivity index (χ1v) is 5.65. The van der Waals surface area contributed by atoms with Gasteiger partial charge in [-0.15, -0.1) is 11.6 Å². The minimum absolute atomic E-state index is 0.0839. The van der Waals surface area contributed by atoms with Crippen molar-refractivity contribution >= 4 is 51.9 Å². The van der Waals surface area contributed by atoms with Gasteiger partial charge in [-0.1, -0.05) is 0 Å². The lowest BCUT2D eigenvalue weighted by Crippen LogP contribution is -2.06. The maximum absolute atomic E-state index is 11.4. The topological polar surface area (TPSA) is 77.3 Å². The summed E-state index contributed by atoms with van der Waals surface area (Å²) in [5.41, 5.74) is -0.0776. The molecule has 16 heavy (non-hydrogen) atoms. The van der Waals surface area contributed by atoms with Crippen molar-refractivity contribution in [1.82, 2.24) is 0 Å². The molecule has 0 N–H and O–H groups in total. The summed E-state index contributed by atoms with van der Waals surface area (Å²) < 4.78 is 0.193. The number of nitro benzene ring substituents is 1. The molecule has 7 heteroatoms. The molecule has 1 rings (SSSR count). The number of aldehydes is 1. The van der Waals surface area contributed by atoms with E-state index in [2.05, 4.69) is 0 Å². The molecule has 0 aliphatic carbocycles. The average Bonchev–Trinajstić information content (AvgIpc) is 2.28. The van der Waals surface area contributed by atoms with Gasteiger partial charge in [-0.3, -0.25) is 19.7 Å². The van der Waals surface area contributed by atoms with Crippen LogP contribution in [0.5, 0.6) is 0 Å². The highest BCUT2D eigenvalue weighted by Crippen LogP contribution is 2.26. The van der Waals surface area contributed by atoms with Gasteiger partial charge in [0.1, 0.15) is 9.86 Å². The quantitative estimate of drug-likeness (QED) is 0.208. The molecule has 1 aromatic carbocycles. The Labute approximate surface area is 109 Å². The maximum Gasteiger partial charge on any atom is 0.284 e. The highest BCUT2D eigenvalue weighted by Gasteiger charge is 2.20.